The number of hydrogen-bond acceptors (Lipinski definition) is 15. The van der Waals surface area contributed by atoms with Gasteiger partial charge in [0.15, 0.2) is 12.2 Å². The van der Waals surface area contributed by atoms with Crippen LogP contribution in [0.2, 0.25) is 0 Å². The summed E-state index contributed by atoms with van der Waals surface area (Å²) in [5.41, 5.74) is 0. The normalized spacial score (nSPS) is 14.5. The molecule has 0 saturated carbocycles. The van der Waals surface area contributed by atoms with E-state index < -0.39 is 97.5 Å². The highest BCUT2D eigenvalue weighted by molar-refractivity contribution is 7.47. The van der Waals surface area contributed by atoms with Crippen LogP contribution in [-0.2, 0) is 65.4 Å². The molecule has 0 amide bonds. The molecule has 0 rings (SSSR count). The van der Waals surface area contributed by atoms with Crippen molar-refractivity contribution in [3.8, 4) is 0 Å². The van der Waals surface area contributed by atoms with Crippen molar-refractivity contribution in [3.63, 3.8) is 0 Å². The fourth-order valence-corrected chi connectivity index (χ4v) is 12.3. The van der Waals surface area contributed by atoms with Crippen molar-refractivity contribution in [2.45, 2.75) is 354 Å². The molecule has 0 aliphatic carbocycles. The average Bonchev–Trinajstić information content (AvgIpc) is 0.911. The number of allylic oxidation sites excluding steroid dienone is 20. The van der Waals surface area contributed by atoms with Crippen molar-refractivity contribution >= 4 is 39.5 Å². The first-order valence-corrected chi connectivity index (χ1v) is 43.8. The highest BCUT2D eigenvalue weighted by Crippen LogP contribution is 2.45. The summed E-state index contributed by atoms with van der Waals surface area (Å²) in [6, 6.07) is 0. The molecule has 0 aliphatic heterocycles. The van der Waals surface area contributed by atoms with E-state index in [1.807, 2.05) is 0 Å². The number of phosphoric acid groups is 2. The first-order valence-electron chi connectivity index (χ1n) is 40.8. The zero-order valence-corrected chi connectivity index (χ0v) is 67.2. The zero-order chi connectivity index (χ0) is 76.0. The van der Waals surface area contributed by atoms with Gasteiger partial charge in [-0.15, -0.1) is 0 Å². The van der Waals surface area contributed by atoms with E-state index in [0.29, 0.717) is 25.7 Å². The number of carbonyl (C=O) groups is 4. The van der Waals surface area contributed by atoms with Crippen molar-refractivity contribution in [1.82, 2.24) is 0 Å². The van der Waals surface area contributed by atoms with E-state index in [1.54, 1.807) is 0 Å². The average molecular weight is 1500 g/mol. The molecule has 0 radical (unpaired) electrons. The van der Waals surface area contributed by atoms with Gasteiger partial charge in [-0.05, 0) is 135 Å². The van der Waals surface area contributed by atoms with Crippen molar-refractivity contribution < 1.29 is 80.2 Å². The number of unbranched alkanes of at least 4 members (excludes halogenated alkanes) is 30. The molecular weight excluding hydrogens is 1350 g/mol. The van der Waals surface area contributed by atoms with Gasteiger partial charge in [-0.3, -0.25) is 37.3 Å². The van der Waals surface area contributed by atoms with Gasteiger partial charge in [0.25, 0.3) is 0 Å². The minimum absolute atomic E-state index is 0.0567. The lowest BCUT2D eigenvalue weighted by molar-refractivity contribution is -0.161. The van der Waals surface area contributed by atoms with Gasteiger partial charge < -0.3 is 33.8 Å². The molecule has 0 fully saturated rings. The van der Waals surface area contributed by atoms with Gasteiger partial charge in [0.1, 0.15) is 19.3 Å². The Kier molecular flexibility index (Phi) is 73.3. The maximum atomic E-state index is 13.1. The summed E-state index contributed by atoms with van der Waals surface area (Å²) in [4.78, 5) is 73.1. The van der Waals surface area contributed by atoms with Crippen molar-refractivity contribution in [2.24, 2.45) is 0 Å². The van der Waals surface area contributed by atoms with Crippen LogP contribution in [-0.4, -0.2) is 96.7 Å². The van der Waals surface area contributed by atoms with Crippen LogP contribution >= 0.6 is 15.6 Å². The monoisotopic (exact) mass is 1500 g/mol. The third kappa shape index (κ3) is 75.7. The minimum atomic E-state index is -5.00. The SMILES string of the molecule is CC/C=C\C/C=C\C/C=C\C/C=C\C/C=C\CCCCCC(=O)OCC(COP(=O)(O)OCC(O)COP(=O)(O)OCC(COC(=O)CCCCCCCCCCCCCCCCC)OC(=O)CCCCCCC/C=C\CCCCCC)OC(=O)CCCCCC/C=C\C/C=C\C/C=C\C/C=C\CC. The molecule has 104 heavy (non-hydrogen) atoms. The van der Waals surface area contributed by atoms with Crippen molar-refractivity contribution in [3.05, 3.63) is 122 Å². The Balaban J connectivity index is 5.41. The van der Waals surface area contributed by atoms with Crippen LogP contribution in [0.3, 0.4) is 0 Å². The maximum Gasteiger partial charge on any atom is 0.472 e. The van der Waals surface area contributed by atoms with Crippen LogP contribution < -0.4 is 0 Å². The Hall–Kier alpha value is -4.54. The van der Waals surface area contributed by atoms with Crippen LogP contribution in [0.1, 0.15) is 336 Å². The highest BCUT2D eigenvalue weighted by atomic mass is 31.2. The number of aliphatic hydroxyl groups excluding tert-OH is 1. The quantitative estimate of drug-likeness (QED) is 0.0169. The molecule has 0 bridgehead atoms. The third-order valence-electron chi connectivity index (χ3n) is 16.9. The molecule has 0 aliphatic rings. The number of carbonyl (C=O) groups excluding carboxylic acids is 4. The number of aliphatic hydroxyl groups is 1. The molecule has 17 nitrogen and oxygen atoms in total. The summed E-state index contributed by atoms with van der Waals surface area (Å²) < 4.78 is 68.6. The lowest BCUT2D eigenvalue weighted by atomic mass is 10.0. The first kappa shape index (κ1) is 99.5. The number of rotatable bonds is 76. The van der Waals surface area contributed by atoms with Gasteiger partial charge in [-0.25, -0.2) is 9.13 Å². The predicted octanol–water partition coefficient (Wildman–Crippen LogP) is 23.9. The summed E-state index contributed by atoms with van der Waals surface area (Å²) in [7, 11) is -9.98. The predicted molar refractivity (Wildman–Crippen MR) is 427 cm³/mol. The molecule has 0 aromatic rings. The molecule has 5 atom stereocenters. The molecule has 0 aromatic carbocycles. The summed E-state index contributed by atoms with van der Waals surface area (Å²) in [6.07, 6.45) is 84.6. The Morgan fingerprint density at radius 1 is 0.279 bits per heavy atom. The van der Waals surface area contributed by atoms with Gasteiger partial charge >= 0.3 is 39.5 Å². The summed E-state index contributed by atoms with van der Waals surface area (Å²) in [6.45, 7) is 4.60. The van der Waals surface area contributed by atoms with E-state index in [-0.39, 0.29) is 25.7 Å². The lowest BCUT2D eigenvalue weighted by Gasteiger charge is -2.21. The van der Waals surface area contributed by atoms with Crippen molar-refractivity contribution in [2.75, 3.05) is 39.6 Å². The van der Waals surface area contributed by atoms with E-state index in [4.69, 9.17) is 37.0 Å². The fraction of sp³-hybridized carbons (Fsp3) is 0.718. The van der Waals surface area contributed by atoms with Crippen LogP contribution in [0.4, 0.5) is 0 Å². The molecule has 0 spiro atoms. The molecule has 5 unspecified atom stereocenters. The van der Waals surface area contributed by atoms with Gasteiger partial charge in [-0.2, -0.15) is 0 Å². The van der Waals surface area contributed by atoms with Crippen LogP contribution in [0.25, 0.3) is 0 Å². The molecular formula is C85H146O17P2. The van der Waals surface area contributed by atoms with E-state index in [2.05, 4.69) is 149 Å². The molecule has 3 N–H and O–H groups in total. The van der Waals surface area contributed by atoms with Gasteiger partial charge in [0, 0.05) is 25.7 Å². The highest BCUT2D eigenvalue weighted by Gasteiger charge is 2.30. The van der Waals surface area contributed by atoms with E-state index >= 15 is 0 Å². The maximum absolute atomic E-state index is 13.1. The van der Waals surface area contributed by atoms with E-state index in [9.17, 15) is 43.2 Å². The number of ether oxygens (including phenoxy) is 4. The Morgan fingerprint density at radius 2 is 0.500 bits per heavy atom. The number of phosphoric ester groups is 2. The van der Waals surface area contributed by atoms with Gasteiger partial charge in [0.2, 0.25) is 0 Å². The standard InChI is InChI=1S/C85H146O17P2/c1-5-9-13-17-21-25-29-33-36-38-39-41-43-47-50-54-58-62-66-70-83(88)96-76-81(102-85(90)72-68-64-60-56-52-48-44-40-37-34-30-26-22-18-14-10-6-2)78-100-104(93,94)98-74-79(86)73-97-103(91,92)99-77-80(101-84(89)71-67-63-59-55-51-45-32-28-24-20-16-12-8-4)75-95-82(87)69-65-61-57-53-49-46-42-35-31-27-23-19-15-11-7-3/h9-10,13-14,21-22,25-26,28,32-34,36-37,39,41,44,47-48,50,79-81,86H,5-8,11-12,15-20,23-24,27,29-31,35,38,40,42-43,45-46,49,51-78H2,1-4H3,(H,91,92)(H,93,94)/b13-9-,14-10-,25-21-,26-22-,32-28-,36-33-,37-34-,41-39-,48-44-,50-47-. The van der Waals surface area contributed by atoms with Crippen LogP contribution in [0, 0.1) is 0 Å². The Labute approximate surface area is 632 Å². The second-order valence-electron chi connectivity index (χ2n) is 27.0. The lowest BCUT2D eigenvalue weighted by Crippen LogP contribution is -2.30. The molecule has 0 saturated heterocycles. The molecule has 0 heterocycles. The van der Waals surface area contributed by atoms with E-state index in [0.717, 1.165) is 161 Å². The van der Waals surface area contributed by atoms with E-state index in [1.165, 1.54) is 96.3 Å². The second-order valence-corrected chi connectivity index (χ2v) is 29.9. The summed E-state index contributed by atoms with van der Waals surface area (Å²) in [5, 5.41) is 10.6. The topological polar surface area (TPSA) is 237 Å². The summed E-state index contributed by atoms with van der Waals surface area (Å²) >= 11 is 0. The van der Waals surface area contributed by atoms with Crippen molar-refractivity contribution in [1.29, 1.82) is 0 Å². The number of hydrogen-bond donors (Lipinski definition) is 3. The van der Waals surface area contributed by atoms with Crippen LogP contribution in [0.15, 0.2) is 122 Å². The second kappa shape index (κ2) is 76.6. The molecule has 0 aromatic heterocycles. The summed E-state index contributed by atoms with van der Waals surface area (Å²) in [5.74, 6) is -2.23. The number of esters is 4. The van der Waals surface area contributed by atoms with Crippen LogP contribution in [0.5, 0.6) is 0 Å². The minimum Gasteiger partial charge on any atom is -0.462 e. The third-order valence-corrected chi connectivity index (χ3v) is 18.8. The largest absolute Gasteiger partial charge is 0.472 e. The zero-order valence-electron chi connectivity index (χ0n) is 65.4. The Bertz CT molecular complexity index is 2440. The smallest absolute Gasteiger partial charge is 0.462 e. The van der Waals surface area contributed by atoms with Gasteiger partial charge in [-0.1, -0.05) is 297 Å². The molecule has 19 heteroatoms. The fourth-order valence-electron chi connectivity index (χ4n) is 10.8. The first-order chi connectivity index (χ1) is 50.7. The molecule has 598 valence electrons. The van der Waals surface area contributed by atoms with Gasteiger partial charge in [0.05, 0.1) is 26.4 Å². The Morgan fingerprint density at radius 3 is 0.798 bits per heavy atom.